The highest BCUT2D eigenvalue weighted by atomic mass is 32.2. The number of aromatic nitrogens is 2. The lowest BCUT2D eigenvalue weighted by Gasteiger charge is -2.12. The number of hydrogen-bond acceptors (Lipinski definition) is 8. The van der Waals surface area contributed by atoms with Crippen molar-refractivity contribution in [3.05, 3.63) is 76.1 Å². The minimum atomic E-state index is -3.97. The fourth-order valence-electron chi connectivity index (χ4n) is 2.71. The molecule has 3 N–H and O–H groups in total. The number of nitrogens with zero attached hydrogens (tertiary/aromatic N) is 3. The number of hydrazine groups is 1. The van der Waals surface area contributed by atoms with E-state index in [1.807, 2.05) is 19.1 Å². The first kappa shape index (κ1) is 22.1. The molecule has 0 aliphatic carbocycles. The van der Waals surface area contributed by atoms with Gasteiger partial charge >= 0.3 is 5.69 Å². The summed E-state index contributed by atoms with van der Waals surface area (Å²) in [5.74, 6) is -0.0221. The maximum Gasteiger partial charge on any atom is 0.354 e. The molecule has 1 aromatic heterocycles. The summed E-state index contributed by atoms with van der Waals surface area (Å²) in [6.45, 7) is 5.96. The molecule has 0 unspecified atom stereocenters. The lowest BCUT2D eigenvalue weighted by molar-refractivity contribution is -0.383. The van der Waals surface area contributed by atoms with Crippen LogP contribution in [0.15, 0.2) is 59.8 Å². The van der Waals surface area contributed by atoms with Gasteiger partial charge in [0.2, 0.25) is 11.6 Å². The number of hydrogen-bond donors (Lipinski definition) is 3. The van der Waals surface area contributed by atoms with E-state index in [1.54, 1.807) is 24.3 Å². The second-order valence-electron chi connectivity index (χ2n) is 7.12. The SMILES string of the molecule is Cc1ccc(S(=O)(=O)NNc2ncnc(Nc3ccc(C(C)C)cc3)c2[N+](=O)[O-])cc1. The molecular weight excluding hydrogens is 420 g/mol. The molecule has 2 aromatic carbocycles. The van der Waals surface area contributed by atoms with Crippen LogP contribution in [0.25, 0.3) is 0 Å². The van der Waals surface area contributed by atoms with Crippen LogP contribution in [0.3, 0.4) is 0 Å². The van der Waals surface area contributed by atoms with Crippen LogP contribution in [0.2, 0.25) is 0 Å². The van der Waals surface area contributed by atoms with Crippen molar-refractivity contribution in [3.63, 3.8) is 0 Å². The zero-order valence-electron chi connectivity index (χ0n) is 17.2. The molecule has 0 aliphatic heterocycles. The summed E-state index contributed by atoms with van der Waals surface area (Å²) in [5.41, 5.74) is 4.44. The van der Waals surface area contributed by atoms with Crippen molar-refractivity contribution in [1.82, 2.24) is 14.8 Å². The van der Waals surface area contributed by atoms with Gasteiger partial charge in [0.25, 0.3) is 10.0 Å². The monoisotopic (exact) mass is 442 g/mol. The molecule has 31 heavy (non-hydrogen) atoms. The summed E-state index contributed by atoms with van der Waals surface area (Å²) < 4.78 is 24.9. The second-order valence-corrected chi connectivity index (χ2v) is 8.80. The van der Waals surface area contributed by atoms with Crippen molar-refractivity contribution < 1.29 is 13.3 Å². The first-order valence-corrected chi connectivity index (χ1v) is 10.9. The third-order valence-electron chi connectivity index (χ3n) is 4.48. The molecule has 0 saturated carbocycles. The van der Waals surface area contributed by atoms with Gasteiger partial charge in [0.1, 0.15) is 6.33 Å². The van der Waals surface area contributed by atoms with Crippen LogP contribution >= 0.6 is 0 Å². The van der Waals surface area contributed by atoms with Crippen molar-refractivity contribution in [2.24, 2.45) is 0 Å². The lowest BCUT2D eigenvalue weighted by Crippen LogP contribution is -2.30. The van der Waals surface area contributed by atoms with Crippen molar-refractivity contribution in [2.45, 2.75) is 31.6 Å². The van der Waals surface area contributed by atoms with Crippen molar-refractivity contribution in [2.75, 3.05) is 10.7 Å². The van der Waals surface area contributed by atoms with Crippen LogP contribution in [0.1, 0.15) is 30.9 Å². The molecular formula is C20H22N6O4S. The predicted octanol–water partition coefficient (Wildman–Crippen LogP) is 3.87. The minimum Gasteiger partial charge on any atom is -0.334 e. The smallest absolute Gasteiger partial charge is 0.334 e. The molecule has 1 heterocycles. The normalized spacial score (nSPS) is 11.4. The molecule has 0 radical (unpaired) electrons. The maximum atomic E-state index is 12.5. The number of rotatable bonds is 8. The molecule has 0 atom stereocenters. The molecule has 11 heteroatoms. The Hall–Kier alpha value is -3.57. The van der Waals surface area contributed by atoms with E-state index in [4.69, 9.17) is 0 Å². The Morgan fingerprint density at radius 2 is 1.58 bits per heavy atom. The number of nitro groups is 1. The van der Waals surface area contributed by atoms with Crippen LogP contribution in [0.4, 0.5) is 23.0 Å². The Kier molecular flexibility index (Phi) is 6.47. The zero-order chi connectivity index (χ0) is 22.6. The van der Waals surface area contributed by atoms with Gasteiger partial charge in [-0.2, -0.15) is 0 Å². The lowest BCUT2D eigenvalue weighted by atomic mass is 10.0. The Balaban J connectivity index is 1.84. The maximum absolute atomic E-state index is 12.5. The highest BCUT2D eigenvalue weighted by Crippen LogP contribution is 2.31. The molecule has 0 amide bonds. The van der Waals surface area contributed by atoms with Gasteiger partial charge in [0.05, 0.1) is 9.82 Å². The quantitative estimate of drug-likeness (QED) is 0.353. The Morgan fingerprint density at radius 3 is 2.16 bits per heavy atom. The largest absolute Gasteiger partial charge is 0.354 e. The number of anilines is 3. The summed E-state index contributed by atoms with van der Waals surface area (Å²) in [6, 6.07) is 13.6. The van der Waals surface area contributed by atoms with E-state index in [9.17, 15) is 18.5 Å². The molecule has 0 spiro atoms. The predicted molar refractivity (Wildman–Crippen MR) is 118 cm³/mol. The van der Waals surface area contributed by atoms with Crippen molar-refractivity contribution in [1.29, 1.82) is 0 Å². The van der Waals surface area contributed by atoms with Crippen LogP contribution in [0.5, 0.6) is 0 Å². The van der Waals surface area contributed by atoms with E-state index in [2.05, 4.69) is 39.4 Å². The van der Waals surface area contributed by atoms with Crippen LogP contribution in [0, 0.1) is 17.0 Å². The van der Waals surface area contributed by atoms with Gasteiger partial charge in [-0.3, -0.25) is 15.5 Å². The molecule has 3 rings (SSSR count). The zero-order valence-corrected chi connectivity index (χ0v) is 18.0. The molecule has 0 saturated heterocycles. The first-order chi connectivity index (χ1) is 14.7. The standard InChI is InChI=1S/C20H22N6O4S/c1-13(2)15-6-8-16(9-7-15)23-19-18(26(27)28)20(22-12-21-19)24-25-31(29,30)17-10-4-14(3)5-11-17/h4-13,25H,1-3H3,(H2,21,22,23,24). The Bertz CT molecular complexity index is 1180. The molecule has 3 aromatic rings. The van der Waals surface area contributed by atoms with Gasteiger partial charge in [0, 0.05) is 5.69 Å². The Morgan fingerprint density at radius 1 is 0.968 bits per heavy atom. The number of nitrogens with one attached hydrogen (secondary N) is 3. The van der Waals surface area contributed by atoms with Crippen LogP contribution in [-0.2, 0) is 10.0 Å². The summed E-state index contributed by atoms with van der Waals surface area (Å²) in [4.78, 5) is 20.9. The summed E-state index contributed by atoms with van der Waals surface area (Å²) in [5, 5.41) is 14.6. The molecule has 0 fully saturated rings. The van der Waals surface area contributed by atoms with Crippen molar-refractivity contribution >= 4 is 33.0 Å². The van der Waals surface area contributed by atoms with Gasteiger partial charge in [-0.25, -0.2) is 18.4 Å². The number of aryl methyl sites for hydroxylation is 1. The van der Waals surface area contributed by atoms with E-state index in [0.717, 1.165) is 17.5 Å². The summed E-state index contributed by atoms with van der Waals surface area (Å²) >= 11 is 0. The van der Waals surface area contributed by atoms with E-state index in [0.29, 0.717) is 11.6 Å². The van der Waals surface area contributed by atoms with E-state index >= 15 is 0 Å². The van der Waals surface area contributed by atoms with Gasteiger partial charge < -0.3 is 5.32 Å². The van der Waals surface area contributed by atoms with Crippen molar-refractivity contribution in [3.8, 4) is 0 Å². The molecule has 0 bridgehead atoms. The van der Waals surface area contributed by atoms with E-state index in [1.165, 1.54) is 12.1 Å². The Labute approximate surface area is 179 Å². The van der Waals surface area contributed by atoms with Gasteiger partial charge in [0.15, 0.2) is 0 Å². The third kappa shape index (κ3) is 5.32. The van der Waals surface area contributed by atoms with E-state index < -0.39 is 20.6 Å². The average Bonchev–Trinajstić information content (AvgIpc) is 2.73. The topological polar surface area (TPSA) is 139 Å². The van der Waals surface area contributed by atoms with Gasteiger partial charge in [-0.15, -0.1) is 4.83 Å². The summed E-state index contributed by atoms with van der Waals surface area (Å²) in [7, 11) is -3.97. The molecule has 162 valence electrons. The highest BCUT2D eigenvalue weighted by Gasteiger charge is 2.25. The number of benzene rings is 2. The van der Waals surface area contributed by atoms with Crippen LogP contribution in [-0.4, -0.2) is 23.3 Å². The number of sulfonamides is 1. The van der Waals surface area contributed by atoms with Gasteiger partial charge in [-0.1, -0.05) is 43.7 Å². The first-order valence-electron chi connectivity index (χ1n) is 9.38. The van der Waals surface area contributed by atoms with Gasteiger partial charge in [-0.05, 0) is 42.7 Å². The molecule has 0 aliphatic rings. The highest BCUT2D eigenvalue weighted by molar-refractivity contribution is 7.89. The molecule has 10 nitrogen and oxygen atoms in total. The third-order valence-corrected chi connectivity index (χ3v) is 5.74. The minimum absolute atomic E-state index is 0.00546. The fourth-order valence-corrected chi connectivity index (χ4v) is 3.56. The average molecular weight is 443 g/mol. The fraction of sp³-hybridized carbons (Fsp3) is 0.200. The van der Waals surface area contributed by atoms with E-state index in [-0.39, 0.29) is 16.5 Å². The second kappa shape index (κ2) is 9.06. The summed E-state index contributed by atoms with van der Waals surface area (Å²) in [6.07, 6.45) is 1.10. The van der Waals surface area contributed by atoms with Crippen LogP contribution < -0.4 is 15.6 Å².